The molecule has 1 amide bonds. The molecule has 0 saturated carbocycles. The van der Waals surface area contributed by atoms with Crippen molar-refractivity contribution < 1.29 is 22.7 Å². The van der Waals surface area contributed by atoms with Crippen LogP contribution in [0.25, 0.3) is 11.1 Å². The first-order valence-electron chi connectivity index (χ1n) is 11.2. The van der Waals surface area contributed by atoms with Crippen LogP contribution in [-0.2, 0) is 6.18 Å². The molecule has 0 unspecified atom stereocenters. The summed E-state index contributed by atoms with van der Waals surface area (Å²) in [5.74, 6) is -0.207. The fraction of sp³-hybridized carbons (Fsp3) is 0.346. The molecule has 1 atom stereocenters. The Morgan fingerprint density at radius 2 is 1.80 bits per heavy atom. The van der Waals surface area contributed by atoms with E-state index in [0.717, 1.165) is 6.07 Å². The number of anilines is 1. The second kappa shape index (κ2) is 10.4. The van der Waals surface area contributed by atoms with E-state index in [9.17, 15) is 18.0 Å². The number of alkyl halides is 3. The zero-order valence-electron chi connectivity index (χ0n) is 20.1. The van der Waals surface area contributed by atoms with Crippen molar-refractivity contribution in [2.45, 2.75) is 45.8 Å². The van der Waals surface area contributed by atoms with Crippen LogP contribution in [0.4, 0.5) is 19.0 Å². The smallest absolute Gasteiger partial charge is 0.419 e. The van der Waals surface area contributed by atoms with Crippen LogP contribution in [0.1, 0.15) is 48.8 Å². The maximum absolute atomic E-state index is 13.9. The minimum atomic E-state index is -4.63. The Bertz CT molecular complexity index is 1190. The molecule has 186 valence electrons. The van der Waals surface area contributed by atoms with Gasteiger partial charge >= 0.3 is 6.18 Å². The monoisotopic (exact) mass is 486 g/mol. The second-order valence-corrected chi connectivity index (χ2v) is 9.27. The van der Waals surface area contributed by atoms with Crippen LogP contribution in [0.3, 0.4) is 0 Å². The molecular formula is C26H29F3N4O2. The van der Waals surface area contributed by atoms with Crippen molar-refractivity contribution in [3.05, 3.63) is 71.7 Å². The molecule has 0 spiro atoms. The number of ether oxygens (including phenoxy) is 1. The third kappa shape index (κ3) is 7.02. The minimum Gasteiger partial charge on any atom is -0.491 e. The Labute approximate surface area is 202 Å². The van der Waals surface area contributed by atoms with E-state index in [1.54, 1.807) is 38.2 Å². The first kappa shape index (κ1) is 26.2. The SMILES string of the molecule is Cc1ncccc1C(=O)Nc1cc(-c2ccc(OC[C@@](C)(N)CC(C)C)c(C(F)(F)F)c2)ccn1. The molecule has 0 saturated heterocycles. The molecule has 2 heterocycles. The molecule has 2 aromatic heterocycles. The van der Waals surface area contributed by atoms with Gasteiger partial charge < -0.3 is 15.8 Å². The van der Waals surface area contributed by atoms with E-state index in [1.807, 2.05) is 13.8 Å². The summed E-state index contributed by atoms with van der Waals surface area (Å²) >= 11 is 0. The van der Waals surface area contributed by atoms with Crippen molar-refractivity contribution in [3.63, 3.8) is 0 Å². The predicted molar refractivity (Wildman–Crippen MR) is 129 cm³/mol. The van der Waals surface area contributed by atoms with Crippen molar-refractivity contribution in [2.75, 3.05) is 11.9 Å². The van der Waals surface area contributed by atoms with Crippen LogP contribution in [0.2, 0.25) is 0 Å². The van der Waals surface area contributed by atoms with Gasteiger partial charge in [0.25, 0.3) is 5.91 Å². The molecule has 9 heteroatoms. The third-order valence-corrected chi connectivity index (χ3v) is 5.30. The van der Waals surface area contributed by atoms with E-state index < -0.39 is 23.2 Å². The zero-order chi connectivity index (χ0) is 25.8. The first-order valence-corrected chi connectivity index (χ1v) is 11.2. The van der Waals surface area contributed by atoms with Crippen LogP contribution in [0.15, 0.2) is 54.9 Å². The van der Waals surface area contributed by atoms with Gasteiger partial charge in [-0.25, -0.2) is 4.98 Å². The minimum absolute atomic E-state index is 0.0488. The summed E-state index contributed by atoms with van der Waals surface area (Å²) in [7, 11) is 0. The number of hydrogen-bond donors (Lipinski definition) is 2. The summed E-state index contributed by atoms with van der Waals surface area (Å²) < 4.78 is 47.1. The van der Waals surface area contributed by atoms with Gasteiger partial charge in [0.1, 0.15) is 18.2 Å². The predicted octanol–water partition coefficient (Wildman–Crippen LogP) is 5.87. The number of aromatic nitrogens is 2. The average molecular weight is 487 g/mol. The number of nitrogens with two attached hydrogens (primary N) is 1. The van der Waals surface area contributed by atoms with E-state index >= 15 is 0 Å². The molecule has 0 aliphatic heterocycles. The lowest BCUT2D eigenvalue weighted by Gasteiger charge is -2.27. The number of carbonyl (C=O) groups is 1. The first-order chi connectivity index (χ1) is 16.4. The lowest BCUT2D eigenvalue weighted by Crippen LogP contribution is -2.43. The highest BCUT2D eigenvalue weighted by Crippen LogP contribution is 2.39. The lowest BCUT2D eigenvalue weighted by atomic mass is 9.93. The second-order valence-electron chi connectivity index (χ2n) is 9.27. The standard InChI is InChI=1S/C26H29F3N4O2/c1-16(2)14-25(4,30)15-35-22-8-7-18(12-21(22)26(27,28)29)19-9-11-32-23(13-19)33-24(34)20-6-5-10-31-17(20)3/h5-13,16H,14-15,30H2,1-4H3,(H,32,33,34)/t25-/m0/s1. The quantitative estimate of drug-likeness (QED) is 0.416. The van der Waals surface area contributed by atoms with Crippen LogP contribution >= 0.6 is 0 Å². The number of hydrogen-bond acceptors (Lipinski definition) is 5. The van der Waals surface area contributed by atoms with Crippen LogP contribution in [0.5, 0.6) is 5.75 Å². The van der Waals surface area contributed by atoms with E-state index in [0.29, 0.717) is 28.8 Å². The fourth-order valence-corrected chi connectivity index (χ4v) is 3.88. The van der Waals surface area contributed by atoms with Gasteiger partial charge in [-0.1, -0.05) is 19.9 Å². The normalized spacial score (nSPS) is 13.4. The Kier molecular flexibility index (Phi) is 7.80. The Morgan fingerprint density at radius 3 is 2.46 bits per heavy atom. The van der Waals surface area contributed by atoms with Crippen LogP contribution in [-0.4, -0.2) is 28.0 Å². The average Bonchev–Trinajstić information content (AvgIpc) is 2.76. The summed E-state index contributed by atoms with van der Waals surface area (Å²) in [4.78, 5) is 20.8. The van der Waals surface area contributed by atoms with E-state index in [2.05, 4.69) is 15.3 Å². The summed E-state index contributed by atoms with van der Waals surface area (Å²) in [6.45, 7) is 7.40. The largest absolute Gasteiger partial charge is 0.491 e. The highest BCUT2D eigenvalue weighted by Gasteiger charge is 2.35. The van der Waals surface area contributed by atoms with Crippen molar-refractivity contribution in [2.24, 2.45) is 11.7 Å². The number of halogens is 3. The molecule has 3 rings (SSSR count). The molecule has 0 aliphatic rings. The Balaban J connectivity index is 1.86. The molecule has 6 nitrogen and oxygen atoms in total. The summed E-state index contributed by atoms with van der Waals surface area (Å²) in [5.41, 5.74) is 6.23. The van der Waals surface area contributed by atoms with Crippen LogP contribution in [0, 0.1) is 12.8 Å². The molecule has 0 aliphatic carbocycles. The van der Waals surface area contributed by atoms with E-state index in [1.165, 1.54) is 24.4 Å². The van der Waals surface area contributed by atoms with Gasteiger partial charge in [-0.15, -0.1) is 0 Å². The van der Waals surface area contributed by atoms with Crippen LogP contribution < -0.4 is 15.8 Å². The highest BCUT2D eigenvalue weighted by molar-refractivity contribution is 6.04. The molecule has 0 radical (unpaired) electrons. The Morgan fingerprint density at radius 1 is 1.09 bits per heavy atom. The number of nitrogens with zero attached hydrogens (tertiary/aromatic N) is 2. The third-order valence-electron chi connectivity index (χ3n) is 5.30. The molecule has 0 bridgehead atoms. The molecule has 35 heavy (non-hydrogen) atoms. The number of carbonyl (C=O) groups excluding carboxylic acids is 1. The summed E-state index contributed by atoms with van der Waals surface area (Å²) in [6.07, 6.45) is -1.02. The number of aryl methyl sites for hydroxylation is 1. The molecule has 3 N–H and O–H groups in total. The van der Waals surface area contributed by atoms with Crippen molar-refractivity contribution in [1.29, 1.82) is 0 Å². The fourth-order valence-electron chi connectivity index (χ4n) is 3.88. The lowest BCUT2D eigenvalue weighted by molar-refractivity contribution is -0.139. The van der Waals surface area contributed by atoms with Crippen molar-refractivity contribution >= 4 is 11.7 Å². The number of amides is 1. The van der Waals surface area contributed by atoms with Gasteiger partial charge in [0.2, 0.25) is 0 Å². The van der Waals surface area contributed by atoms with Gasteiger partial charge in [0, 0.05) is 23.6 Å². The number of pyridine rings is 2. The summed E-state index contributed by atoms with van der Waals surface area (Å²) in [5, 5.41) is 2.67. The zero-order valence-corrected chi connectivity index (χ0v) is 20.1. The van der Waals surface area contributed by atoms with Gasteiger partial charge in [-0.2, -0.15) is 13.2 Å². The molecule has 0 fully saturated rings. The van der Waals surface area contributed by atoms with Gasteiger partial charge in [0.05, 0.1) is 11.1 Å². The highest BCUT2D eigenvalue weighted by atomic mass is 19.4. The number of benzene rings is 1. The number of rotatable bonds is 8. The molecule has 1 aromatic carbocycles. The van der Waals surface area contributed by atoms with Gasteiger partial charge in [0.15, 0.2) is 0 Å². The van der Waals surface area contributed by atoms with Crippen molar-refractivity contribution in [3.8, 4) is 16.9 Å². The Hall–Kier alpha value is -3.46. The molecular weight excluding hydrogens is 457 g/mol. The molecule has 3 aromatic rings. The van der Waals surface area contributed by atoms with Gasteiger partial charge in [-0.05, 0) is 73.7 Å². The van der Waals surface area contributed by atoms with E-state index in [4.69, 9.17) is 10.5 Å². The topological polar surface area (TPSA) is 90.1 Å². The summed E-state index contributed by atoms with van der Waals surface area (Å²) in [6, 6.07) is 10.2. The number of nitrogens with one attached hydrogen (secondary N) is 1. The van der Waals surface area contributed by atoms with Gasteiger partial charge in [-0.3, -0.25) is 9.78 Å². The van der Waals surface area contributed by atoms with E-state index in [-0.39, 0.29) is 24.1 Å². The maximum Gasteiger partial charge on any atom is 0.419 e. The maximum atomic E-state index is 13.9. The van der Waals surface area contributed by atoms with Crippen molar-refractivity contribution in [1.82, 2.24) is 9.97 Å².